The molecule has 128 valence electrons. The predicted octanol–water partition coefficient (Wildman–Crippen LogP) is 2.23. The van der Waals surface area contributed by atoms with Gasteiger partial charge in [-0.2, -0.15) is 5.26 Å². The van der Waals surface area contributed by atoms with Gasteiger partial charge in [0.25, 0.3) is 0 Å². The first-order valence-electron chi connectivity index (χ1n) is 8.89. The third-order valence-corrected chi connectivity index (χ3v) is 5.28. The SMILES string of the molecule is CN1CC[C@@H]2[C@H](CCCN2C(=O)NCCc2cccc(C#N)c2)C1. The van der Waals surface area contributed by atoms with Crippen LogP contribution in [0.4, 0.5) is 4.79 Å². The van der Waals surface area contributed by atoms with Crippen LogP contribution in [0.15, 0.2) is 24.3 Å². The molecule has 3 rings (SSSR count). The normalized spacial score (nSPS) is 24.1. The first-order chi connectivity index (χ1) is 11.7. The predicted molar refractivity (Wildman–Crippen MR) is 93.6 cm³/mol. The molecule has 2 amide bonds. The summed E-state index contributed by atoms with van der Waals surface area (Å²) in [7, 11) is 2.17. The molecule has 5 nitrogen and oxygen atoms in total. The Morgan fingerprint density at radius 1 is 1.38 bits per heavy atom. The number of hydrogen-bond acceptors (Lipinski definition) is 3. The molecule has 0 bridgehead atoms. The molecule has 1 aromatic rings. The van der Waals surface area contributed by atoms with E-state index in [1.807, 2.05) is 18.2 Å². The number of urea groups is 1. The lowest BCUT2D eigenvalue weighted by molar-refractivity contribution is 0.0534. The Morgan fingerprint density at radius 2 is 2.25 bits per heavy atom. The number of nitriles is 1. The maximum Gasteiger partial charge on any atom is 0.317 e. The van der Waals surface area contributed by atoms with Crippen LogP contribution in [0.5, 0.6) is 0 Å². The topological polar surface area (TPSA) is 59.4 Å². The van der Waals surface area contributed by atoms with E-state index in [-0.39, 0.29) is 6.03 Å². The van der Waals surface area contributed by atoms with Crippen molar-refractivity contribution in [3.05, 3.63) is 35.4 Å². The highest BCUT2D eigenvalue weighted by Crippen LogP contribution is 2.29. The number of benzene rings is 1. The fourth-order valence-electron chi connectivity index (χ4n) is 4.05. The average molecular weight is 326 g/mol. The Morgan fingerprint density at radius 3 is 3.08 bits per heavy atom. The van der Waals surface area contributed by atoms with Gasteiger partial charge in [-0.3, -0.25) is 0 Å². The molecule has 5 heteroatoms. The number of likely N-dealkylation sites (tertiary alicyclic amines) is 2. The third-order valence-electron chi connectivity index (χ3n) is 5.28. The van der Waals surface area contributed by atoms with Crippen LogP contribution in [-0.2, 0) is 6.42 Å². The lowest BCUT2D eigenvalue weighted by Crippen LogP contribution is -2.57. The minimum atomic E-state index is 0.0747. The molecule has 0 spiro atoms. The molecular weight excluding hydrogens is 300 g/mol. The number of piperidine rings is 2. The van der Waals surface area contributed by atoms with Gasteiger partial charge in [-0.05, 0) is 62.9 Å². The molecule has 2 aliphatic rings. The van der Waals surface area contributed by atoms with E-state index in [1.165, 1.54) is 6.42 Å². The quantitative estimate of drug-likeness (QED) is 0.926. The summed E-state index contributed by atoms with van der Waals surface area (Å²) in [5, 5.41) is 12.0. The Balaban J connectivity index is 1.52. The van der Waals surface area contributed by atoms with E-state index in [1.54, 1.807) is 6.07 Å². The molecule has 0 saturated carbocycles. The van der Waals surface area contributed by atoms with E-state index in [0.717, 1.165) is 44.5 Å². The van der Waals surface area contributed by atoms with Gasteiger partial charge in [0.1, 0.15) is 0 Å². The van der Waals surface area contributed by atoms with Crippen LogP contribution in [0.1, 0.15) is 30.4 Å². The van der Waals surface area contributed by atoms with Crippen LogP contribution in [-0.4, -0.2) is 55.1 Å². The highest BCUT2D eigenvalue weighted by molar-refractivity contribution is 5.74. The van der Waals surface area contributed by atoms with E-state index in [9.17, 15) is 4.79 Å². The standard InChI is InChI=1S/C19H26N4O/c1-22-11-8-18-17(14-22)6-3-10-23(18)19(24)21-9-7-15-4-2-5-16(12-15)13-20/h2,4-5,12,17-18H,3,6-11,14H2,1H3,(H,21,24)/t17-,18-/m1/s1. The second-order valence-corrected chi connectivity index (χ2v) is 7.01. The highest BCUT2D eigenvalue weighted by atomic mass is 16.2. The van der Waals surface area contributed by atoms with Crippen molar-refractivity contribution in [1.82, 2.24) is 15.1 Å². The van der Waals surface area contributed by atoms with Crippen molar-refractivity contribution in [1.29, 1.82) is 5.26 Å². The van der Waals surface area contributed by atoms with Gasteiger partial charge in [-0.1, -0.05) is 12.1 Å². The molecule has 2 heterocycles. The van der Waals surface area contributed by atoms with E-state index in [0.29, 0.717) is 24.1 Å². The molecule has 24 heavy (non-hydrogen) atoms. The minimum absolute atomic E-state index is 0.0747. The zero-order chi connectivity index (χ0) is 16.9. The molecule has 0 aliphatic carbocycles. The number of nitrogens with one attached hydrogen (secondary N) is 1. The van der Waals surface area contributed by atoms with Gasteiger partial charge in [-0.15, -0.1) is 0 Å². The van der Waals surface area contributed by atoms with Crippen molar-refractivity contribution in [2.45, 2.75) is 31.7 Å². The van der Waals surface area contributed by atoms with Gasteiger partial charge in [0.05, 0.1) is 11.6 Å². The van der Waals surface area contributed by atoms with Gasteiger partial charge in [0.15, 0.2) is 0 Å². The lowest BCUT2D eigenvalue weighted by atomic mass is 9.84. The summed E-state index contributed by atoms with van der Waals surface area (Å²) < 4.78 is 0. The van der Waals surface area contributed by atoms with Crippen molar-refractivity contribution in [3.63, 3.8) is 0 Å². The molecule has 1 N–H and O–H groups in total. The smallest absolute Gasteiger partial charge is 0.317 e. The number of fused-ring (bicyclic) bond motifs is 1. The average Bonchev–Trinajstić information content (AvgIpc) is 2.61. The fraction of sp³-hybridized carbons (Fsp3) is 0.579. The van der Waals surface area contributed by atoms with Crippen LogP contribution in [0.2, 0.25) is 0 Å². The largest absolute Gasteiger partial charge is 0.338 e. The molecule has 0 radical (unpaired) electrons. The van der Waals surface area contributed by atoms with Crippen LogP contribution in [0.3, 0.4) is 0 Å². The maximum atomic E-state index is 12.6. The lowest BCUT2D eigenvalue weighted by Gasteiger charge is -2.46. The molecular formula is C19H26N4O. The number of amides is 2. The van der Waals surface area contributed by atoms with Crippen molar-refractivity contribution in [2.24, 2.45) is 5.92 Å². The Labute approximate surface area is 144 Å². The van der Waals surface area contributed by atoms with Crippen molar-refractivity contribution < 1.29 is 4.79 Å². The van der Waals surface area contributed by atoms with E-state index < -0.39 is 0 Å². The van der Waals surface area contributed by atoms with Crippen molar-refractivity contribution in [3.8, 4) is 6.07 Å². The number of carbonyl (C=O) groups is 1. The summed E-state index contributed by atoms with van der Waals surface area (Å²) in [6, 6.07) is 10.2. The first kappa shape index (κ1) is 16.8. The second kappa shape index (κ2) is 7.67. The molecule has 0 aromatic heterocycles. The summed E-state index contributed by atoms with van der Waals surface area (Å²) in [6.07, 6.45) is 4.18. The maximum absolute atomic E-state index is 12.6. The Hall–Kier alpha value is -2.06. The summed E-state index contributed by atoms with van der Waals surface area (Å²) in [5.74, 6) is 0.621. The number of nitrogens with zero attached hydrogens (tertiary/aromatic N) is 3. The van der Waals surface area contributed by atoms with Crippen LogP contribution in [0, 0.1) is 17.2 Å². The summed E-state index contributed by atoms with van der Waals surface area (Å²) in [4.78, 5) is 17.0. The molecule has 2 saturated heterocycles. The minimum Gasteiger partial charge on any atom is -0.338 e. The fourth-order valence-corrected chi connectivity index (χ4v) is 4.05. The summed E-state index contributed by atoms with van der Waals surface area (Å²) in [5.41, 5.74) is 1.76. The first-order valence-corrected chi connectivity index (χ1v) is 8.89. The van der Waals surface area contributed by atoms with Gasteiger partial charge >= 0.3 is 6.03 Å². The Kier molecular flexibility index (Phi) is 5.37. The van der Waals surface area contributed by atoms with Crippen LogP contribution in [0.25, 0.3) is 0 Å². The highest BCUT2D eigenvalue weighted by Gasteiger charge is 2.37. The van der Waals surface area contributed by atoms with Gasteiger partial charge in [0, 0.05) is 25.7 Å². The van der Waals surface area contributed by atoms with Gasteiger partial charge in [0.2, 0.25) is 0 Å². The molecule has 1 aromatic carbocycles. The van der Waals surface area contributed by atoms with Crippen molar-refractivity contribution >= 4 is 6.03 Å². The zero-order valence-corrected chi connectivity index (χ0v) is 14.4. The van der Waals surface area contributed by atoms with E-state index >= 15 is 0 Å². The van der Waals surface area contributed by atoms with Crippen LogP contribution >= 0.6 is 0 Å². The number of hydrogen-bond donors (Lipinski definition) is 1. The number of rotatable bonds is 3. The molecule has 0 unspecified atom stereocenters. The molecule has 2 atom stereocenters. The second-order valence-electron chi connectivity index (χ2n) is 7.01. The van der Waals surface area contributed by atoms with E-state index in [2.05, 4.69) is 28.2 Å². The van der Waals surface area contributed by atoms with Gasteiger partial charge in [-0.25, -0.2) is 4.79 Å². The zero-order valence-electron chi connectivity index (χ0n) is 14.4. The monoisotopic (exact) mass is 326 g/mol. The van der Waals surface area contributed by atoms with Crippen molar-refractivity contribution in [2.75, 3.05) is 33.2 Å². The summed E-state index contributed by atoms with van der Waals surface area (Å²) in [6.45, 7) is 3.67. The van der Waals surface area contributed by atoms with Crippen LogP contribution < -0.4 is 5.32 Å². The van der Waals surface area contributed by atoms with E-state index in [4.69, 9.17) is 5.26 Å². The Bertz CT molecular complexity index is 624. The molecule has 2 aliphatic heterocycles. The molecule has 2 fully saturated rings. The van der Waals surface area contributed by atoms with Gasteiger partial charge < -0.3 is 15.1 Å². The third kappa shape index (κ3) is 3.88. The summed E-state index contributed by atoms with van der Waals surface area (Å²) >= 11 is 0. The number of carbonyl (C=O) groups excluding carboxylic acids is 1.